The van der Waals surface area contributed by atoms with Crippen LogP contribution < -0.4 is 15.0 Å². The van der Waals surface area contributed by atoms with Gasteiger partial charge in [0.15, 0.2) is 11.5 Å². The molecule has 1 saturated heterocycles. The highest BCUT2D eigenvalue weighted by atomic mass is 19.1. The van der Waals surface area contributed by atoms with Crippen LogP contribution >= 0.6 is 0 Å². The standard InChI is InChI=1S/C22H24FN3O4/c1-28-20-13-18-19(14-21(20)30-10-2-7-25-8-11-29-12-9-25)24-15-26(22(18)27)17-5-3-16(23)4-6-17/h3-6,13-15H,2,7-12H2,1H3. The number of hydrogen-bond acceptors (Lipinski definition) is 6. The van der Waals surface area contributed by atoms with Gasteiger partial charge in [-0.25, -0.2) is 9.37 Å². The van der Waals surface area contributed by atoms with E-state index in [1.54, 1.807) is 12.1 Å². The molecule has 4 rings (SSSR count). The van der Waals surface area contributed by atoms with Crippen molar-refractivity contribution in [2.24, 2.45) is 0 Å². The molecule has 0 unspecified atom stereocenters. The number of hydrogen-bond donors (Lipinski definition) is 0. The molecule has 0 N–H and O–H groups in total. The Bertz CT molecular complexity index is 1060. The number of ether oxygens (including phenoxy) is 3. The van der Waals surface area contributed by atoms with Crippen molar-refractivity contribution in [2.45, 2.75) is 6.42 Å². The lowest BCUT2D eigenvalue weighted by Gasteiger charge is -2.26. The summed E-state index contributed by atoms with van der Waals surface area (Å²) in [5.74, 6) is 0.667. The zero-order valence-electron chi connectivity index (χ0n) is 16.8. The van der Waals surface area contributed by atoms with E-state index in [0.29, 0.717) is 34.7 Å². The molecule has 0 atom stereocenters. The van der Waals surface area contributed by atoms with Crippen LogP contribution in [-0.2, 0) is 4.74 Å². The van der Waals surface area contributed by atoms with Gasteiger partial charge in [-0.05, 0) is 36.8 Å². The smallest absolute Gasteiger partial charge is 0.265 e. The minimum Gasteiger partial charge on any atom is -0.493 e. The van der Waals surface area contributed by atoms with Crippen LogP contribution in [0.25, 0.3) is 16.6 Å². The second-order valence-electron chi connectivity index (χ2n) is 7.07. The molecule has 8 heteroatoms. The van der Waals surface area contributed by atoms with Crippen molar-refractivity contribution in [1.82, 2.24) is 14.5 Å². The summed E-state index contributed by atoms with van der Waals surface area (Å²) >= 11 is 0. The summed E-state index contributed by atoms with van der Waals surface area (Å²) in [6.07, 6.45) is 2.31. The predicted molar refractivity (Wildman–Crippen MR) is 111 cm³/mol. The van der Waals surface area contributed by atoms with Gasteiger partial charge in [0, 0.05) is 25.7 Å². The Labute approximate surface area is 173 Å². The van der Waals surface area contributed by atoms with Gasteiger partial charge < -0.3 is 14.2 Å². The van der Waals surface area contributed by atoms with Crippen molar-refractivity contribution in [1.29, 1.82) is 0 Å². The summed E-state index contributed by atoms with van der Waals surface area (Å²) in [5.41, 5.74) is 0.796. The monoisotopic (exact) mass is 413 g/mol. The van der Waals surface area contributed by atoms with Gasteiger partial charge in [-0.3, -0.25) is 14.3 Å². The molecule has 2 aromatic carbocycles. The van der Waals surface area contributed by atoms with Crippen molar-refractivity contribution in [3.05, 3.63) is 58.9 Å². The van der Waals surface area contributed by atoms with Gasteiger partial charge in [-0.1, -0.05) is 0 Å². The van der Waals surface area contributed by atoms with Crippen LogP contribution in [0.15, 0.2) is 47.5 Å². The number of morpholine rings is 1. The van der Waals surface area contributed by atoms with Gasteiger partial charge in [-0.2, -0.15) is 0 Å². The minimum absolute atomic E-state index is 0.260. The molecule has 0 saturated carbocycles. The average molecular weight is 413 g/mol. The fourth-order valence-corrected chi connectivity index (χ4v) is 3.48. The largest absolute Gasteiger partial charge is 0.493 e. The number of nitrogens with zero attached hydrogens (tertiary/aromatic N) is 3. The van der Waals surface area contributed by atoms with E-state index < -0.39 is 0 Å². The van der Waals surface area contributed by atoms with Crippen LogP contribution in [0.1, 0.15) is 6.42 Å². The van der Waals surface area contributed by atoms with Crippen molar-refractivity contribution in [3.63, 3.8) is 0 Å². The van der Waals surface area contributed by atoms with Crippen LogP contribution in [0.2, 0.25) is 0 Å². The topological polar surface area (TPSA) is 65.8 Å². The number of rotatable bonds is 7. The molecule has 1 fully saturated rings. The Balaban J connectivity index is 1.52. The van der Waals surface area contributed by atoms with Crippen LogP contribution in [-0.4, -0.2) is 61.0 Å². The Morgan fingerprint density at radius 1 is 1.13 bits per heavy atom. The zero-order valence-corrected chi connectivity index (χ0v) is 16.8. The number of aromatic nitrogens is 2. The maximum Gasteiger partial charge on any atom is 0.265 e. The molecule has 0 radical (unpaired) electrons. The second kappa shape index (κ2) is 9.23. The zero-order chi connectivity index (χ0) is 20.9. The molecule has 158 valence electrons. The summed E-state index contributed by atoms with van der Waals surface area (Å²) in [7, 11) is 1.54. The molecule has 30 heavy (non-hydrogen) atoms. The first-order valence-electron chi connectivity index (χ1n) is 9.94. The van der Waals surface area contributed by atoms with Gasteiger partial charge in [0.25, 0.3) is 5.56 Å². The Morgan fingerprint density at radius 3 is 2.63 bits per heavy atom. The van der Waals surface area contributed by atoms with Crippen LogP contribution in [0.5, 0.6) is 11.5 Å². The molecule has 2 heterocycles. The maximum absolute atomic E-state index is 13.2. The lowest BCUT2D eigenvalue weighted by Crippen LogP contribution is -2.37. The fraction of sp³-hybridized carbons (Fsp3) is 0.364. The van der Waals surface area contributed by atoms with Crippen molar-refractivity contribution < 1.29 is 18.6 Å². The molecule has 1 aliphatic rings. The van der Waals surface area contributed by atoms with Crippen LogP contribution in [0.4, 0.5) is 4.39 Å². The van der Waals surface area contributed by atoms with Crippen molar-refractivity contribution in [2.75, 3.05) is 46.6 Å². The van der Waals surface area contributed by atoms with E-state index >= 15 is 0 Å². The Kier molecular flexibility index (Phi) is 6.25. The first-order chi connectivity index (χ1) is 14.7. The third-order valence-electron chi connectivity index (χ3n) is 5.13. The third-order valence-corrected chi connectivity index (χ3v) is 5.13. The molecule has 0 bridgehead atoms. The first kappa shape index (κ1) is 20.3. The van der Waals surface area contributed by atoms with E-state index in [1.165, 1.54) is 42.3 Å². The van der Waals surface area contributed by atoms with E-state index in [4.69, 9.17) is 14.2 Å². The molecular formula is C22H24FN3O4. The Morgan fingerprint density at radius 2 is 1.90 bits per heavy atom. The van der Waals surface area contributed by atoms with E-state index in [2.05, 4.69) is 9.88 Å². The first-order valence-corrected chi connectivity index (χ1v) is 9.94. The number of methoxy groups -OCH3 is 1. The van der Waals surface area contributed by atoms with Crippen LogP contribution in [0, 0.1) is 5.82 Å². The van der Waals surface area contributed by atoms with Gasteiger partial charge in [0.05, 0.1) is 43.5 Å². The Hall–Kier alpha value is -2.97. The van der Waals surface area contributed by atoms with E-state index in [9.17, 15) is 9.18 Å². The van der Waals surface area contributed by atoms with E-state index in [-0.39, 0.29) is 11.4 Å². The summed E-state index contributed by atoms with van der Waals surface area (Å²) in [5, 5.41) is 0.402. The number of halogens is 1. The normalized spacial score (nSPS) is 14.7. The highest BCUT2D eigenvalue weighted by Gasteiger charge is 2.14. The maximum atomic E-state index is 13.2. The van der Waals surface area contributed by atoms with Gasteiger partial charge in [0.2, 0.25) is 0 Å². The summed E-state index contributed by atoms with van der Waals surface area (Å²) in [6, 6.07) is 9.04. The molecule has 1 aliphatic heterocycles. The SMILES string of the molecule is COc1cc2c(=O)n(-c3ccc(F)cc3)cnc2cc1OCCCN1CCOCC1. The molecule has 1 aromatic heterocycles. The van der Waals surface area contributed by atoms with E-state index in [0.717, 1.165) is 39.3 Å². The molecule has 3 aromatic rings. The number of benzene rings is 2. The van der Waals surface area contributed by atoms with Gasteiger partial charge in [-0.15, -0.1) is 0 Å². The van der Waals surface area contributed by atoms with Gasteiger partial charge in [0.1, 0.15) is 12.1 Å². The molecular weight excluding hydrogens is 389 g/mol. The molecule has 0 amide bonds. The molecule has 0 spiro atoms. The molecule has 7 nitrogen and oxygen atoms in total. The lowest BCUT2D eigenvalue weighted by molar-refractivity contribution is 0.0357. The van der Waals surface area contributed by atoms with E-state index in [1.807, 2.05) is 0 Å². The highest BCUT2D eigenvalue weighted by Crippen LogP contribution is 2.30. The highest BCUT2D eigenvalue weighted by molar-refractivity contribution is 5.82. The summed E-state index contributed by atoms with van der Waals surface area (Å²) < 4.78 is 31.3. The molecule has 0 aliphatic carbocycles. The summed E-state index contributed by atoms with van der Waals surface area (Å²) in [6.45, 7) is 4.93. The minimum atomic E-state index is -0.363. The van der Waals surface area contributed by atoms with Gasteiger partial charge >= 0.3 is 0 Å². The third kappa shape index (κ3) is 4.44. The summed E-state index contributed by atoms with van der Waals surface area (Å²) in [4.78, 5) is 19.7. The van der Waals surface area contributed by atoms with Crippen molar-refractivity contribution in [3.8, 4) is 17.2 Å². The second-order valence-corrected chi connectivity index (χ2v) is 7.07. The quantitative estimate of drug-likeness (QED) is 0.555. The average Bonchev–Trinajstić information content (AvgIpc) is 2.78. The number of fused-ring (bicyclic) bond motifs is 1. The lowest BCUT2D eigenvalue weighted by atomic mass is 10.2. The fourth-order valence-electron chi connectivity index (χ4n) is 3.48. The predicted octanol–water partition coefficient (Wildman–Crippen LogP) is 2.63. The van der Waals surface area contributed by atoms with Crippen LogP contribution in [0.3, 0.4) is 0 Å². The van der Waals surface area contributed by atoms with Crippen molar-refractivity contribution >= 4 is 10.9 Å².